The fourth-order valence-electron chi connectivity index (χ4n) is 1.29. The Morgan fingerprint density at radius 1 is 1.50 bits per heavy atom. The molecule has 84 valence electrons. The molecule has 0 saturated heterocycles. The van der Waals surface area contributed by atoms with Gasteiger partial charge in [-0.05, 0) is 13.0 Å². The fraction of sp³-hybridized carbons (Fsp3) is 0.273. The van der Waals surface area contributed by atoms with E-state index in [-0.39, 0.29) is 0 Å². The maximum atomic E-state index is 5.05. The Hall–Kier alpha value is -1.62. The van der Waals surface area contributed by atoms with Crippen LogP contribution in [-0.4, -0.2) is 17.1 Å². The van der Waals surface area contributed by atoms with Crippen molar-refractivity contribution in [3.05, 3.63) is 34.4 Å². The van der Waals surface area contributed by atoms with Gasteiger partial charge in [0.25, 0.3) is 0 Å². The number of hydrogen-bond acceptors (Lipinski definition) is 5. The minimum absolute atomic E-state index is 0.611. The Morgan fingerprint density at radius 3 is 3.06 bits per heavy atom. The monoisotopic (exact) mass is 235 g/mol. The van der Waals surface area contributed by atoms with Crippen LogP contribution in [0, 0.1) is 6.92 Å². The van der Waals surface area contributed by atoms with Crippen LogP contribution in [0.4, 0.5) is 5.69 Å². The summed E-state index contributed by atoms with van der Waals surface area (Å²) < 4.78 is 5.05. The molecular formula is C11H13N3OS. The molecule has 2 aromatic heterocycles. The molecule has 1 N–H and O–H groups in total. The number of aromatic nitrogens is 2. The average Bonchev–Trinajstić information content (AvgIpc) is 2.73. The zero-order valence-corrected chi connectivity index (χ0v) is 10.0. The zero-order chi connectivity index (χ0) is 11.4. The van der Waals surface area contributed by atoms with Crippen molar-refractivity contribution in [1.29, 1.82) is 0 Å². The van der Waals surface area contributed by atoms with Gasteiger partial charge in [-0.15, -0.1) is 11.3 Å². The van der Waals surface area contributed by atoms with E-state index in [4.69, 9.17) is 4.74 Å². The van der Waals surface area contributed by atoms with Crippen LogP contribution in [-0.2, 0) is 6.54 Å². The third kappa shape index (κ3) is 2.70. The summed E-state index contributed by atoms with van der Waals surface area (Å²) in [5, 5.41) is 6.40. The second kappa shape index (κ2) is 4.94. The molecule has 0 aromatic carbocycles. The van der Waals surface area contributed by atoms with Crippen molar-refractivity contribution in [2.75, 3.05) is 12.4 Å². The minimum atomic E-state index is 0.611. The Kier molecular flexibility index (Phi) is 3.36. The summed E-state index contributed by atoms with van der Waals surface area (Å²) in [7, 11) is 1.61. The van der Waals surface area contributed by atoms with Gasteiger partial charge in [-0.1, -0.05) is 0 Å². The van der Waals surface area contributed by atoms with Crippen molar-refractivity contribution in [2.24, 2.45) is 0 Å². The fourth-order valence-corrected chi connectivity index (χ4v) is 2.00. The van der Waals surface area contributed by atoms with E-state index < -0.39 is 0 Å². The van der Waals surface area contributed by atoms with Crippen LogP contribution in [0.15, 0.2) is 23.7 Å². The van der Waals surface area contributed by atoms with Crippen molar-refractivity contribution < 1.29 is 4.74 Å². The molecular weight excluding hydrogens is 222 g/mol. The molecule has 5 heteroatoms. The molecule has 0 radical (unpaired) electrons. The highest BCUT2D eigenvalue weighted by Gasteiger charge is 2.00. The molecule has 4 nitrogen and oxygen atoms in total. The maximum absolute atomic E-state index is 5.05. The highest BCUT2D eigenvalue weighted by Crippen LogP contribution is 2.15. The Morgan fingerprint density at radius 2 is 2.38 bits per heavy atom. The van der Waals surface area contributed by atoms with E-state index in [0.29, 0.717) is 5.88 Å². The first-order valence-electron chi connectivity index (χ1n) is 4.93. The molecule has 0 aliphatic carbocycles. The number of methoxy groups -OCH3 is 1. The highest BCUT2D eigenvalue weighted by atomic mass is 32.1. The third-order valence-electron chi connectivity index (χ3n) is 2.05. The normalized spacial score (nSPS) is 10.1. The molecule has 0 fully saturated rings. The van der Waals surface area contributed by atoms with Crippen LogP contribution in [0.3, 0.4) is 0 Å². The summed E-state index contributed by atoms with van der Waals surface area (Å²) in [5.41, 5.74) is 2.05. The van der Waals surface area contributed by atoms with Crippen LogP contribution in [0.5, 0.6) is 5.88 Å². The van der Waals surface area contributed by atoms with Crippen LogP contribution < -0.4 is 10.1 Å². The van der Waals surface area contributed by atoms with Crippen molar-refractivity contribution in [2.45, 2.75) is 13.5 Å². The van der Waals surface area contributed by atoms with Gasteiger partial charge in [0, 0.05) is 29.0 Å². The molecule has 0 bridgehead atoms. The first-order valence-corrected chi connectivity index (χ1v) is 5.81. The van der Waals surface area contributed by atoms with Gasteiger partial charge < -0.3 is 10.1 Å². The molecule has 0 aliphatic heterocycles. The van der Waals surface area contributed by atoms with Crippen LogP contribution >= 0.6 is 11.3 Å². The van der Waals surface area contributed by atoms with Gasteiger partial charge in [-0.2, -0.15) is 0 Å². The molecule has 0 saturated carbocycles. The number of hydrogen-bond donors (Lipinski definition) is 1. The zero-order valence-electron chi connectivity index (χ0n) is 9.23. The lowest BCUT2D eigenvalue weighted by Gasteiger charge is -2.05. The lowest BCUT2D eigenvalue weighted by Crippen LogP contribution is -1.99. The van der Waals surface area contributed by atoms with E-state index in [1.165, 1.54) is 0 Å². The van der Waals surface area contributed by atoms with E-state index in [0.717, 1.165) is 22.9 Å². The van der Waals surface area contributed by atoms with Gasteiger partial charge >= 0.3 is 0 Å². The number of nitrogens with zero attached hydrogens (tertiary/aromatic N) is 2. The smallest absolute Gasteiger partial charge is 0.214 e. The standard InChI is InChI=1S/C11H13N3OS/c1-8-7-16-11(14-8)6-13-9-3-4-12-10(5-9)15-2/h3-5,7H,6H2,1-2H3,(H,12,13). The van der Waals surface area contributed by atoms with Gasteiger partial charge in [-0.25, -0.2) is 9.97 Å². The predicted molar refractivity (Wildman–Crippen MR) is 65.0 cm³/mol. The van der Waals surface area contributed by atoms with E-state index >= 15 is 0 Å². The highest BCUT2D eigenvalue weighted by molar-refractivity contribution is 7.09. The first-order chi connectivity index (χ1) is 7.78. The number of rotatable bonds is 4. The lowest BCUT2D eigenvalue weighted by atomic mass is 10.4. The minimum Gasteiger partial charge on any atom is -0.481 e. The van der Waals surface area contributed by atoms with Gasteiger partial charge in [0.15, 0.2) is 0 Å². The van der Waals surface area contributed by atoms with Gasteiger partial charge in [0.05, 0.1) is 13.7 Å². The Labute approximate surface area is 98.3 Å². The molecule has 2 heterocycles. The van der Waals surface area contributed by atoms with Gasteiger partial charge in [-0.3, -0.25) is 0 Å². The number of thiazole rings is 1. The maximum Gasteiger partial charge on any atom is 0.214 e. The number of aryl methyl sites for hydroxylation is 1. The van der Waals surface area contributed by atoms with E-state index in [9.17, 15) is 0 Å². The van der Waals surface area contributed by atoms with Crippen LogP contribution in [0.2, 0.25) is 0 Å². The number of pyridine rings is 1. The summed E-state index contributed by atoms with van der Waals surface area (Å²) in [6, 6.07) is 3.77. The quantitative estimate of drug-likeness (QED) is 0.884. The average molecular weight is 235 g/mol. The summed E-state index contributed by atoms with van der Waals surface area (Å²) in [6.07, 6.45) is 1.72. The lowest BCUT2D eigenvalue weighted by molar-refractivity contribution is 0.398. The van der Waals surface area contributed by atoms with Crippen molar-refractivity contribution in [1.82, 2.24) is 9.97 Å². The van der Waals surface area contributed by atoms with Gasteiger partial charge in [0.1, 0.15) is 5.01 Å². The molecule has 0 atom stereocenters. The number of nitrogens with one attached hydrogen (secondary N) is 1. The predicted octanol–water partition coefficient (Wildman–Crippen LogP) is 2.47. The number of anilines is 1. The van der Waals surface area contributed by atoms with Crippen molar-refractivity contribution in [3.8, 4) is 5.88 Å². The first kappa shape index (κ1) is 10.9. The molecule has 2 aromatic rings. The molecule has 0 unspecified atom stereocenters. The summed E-state index contributed by atoms with van der Waals surface area (Å²) in [6.45, 7) is 2.72. The summed E-state index contributed by atoms with van der Waals surface area (Å²) in [4.78, 5) is 8.42. The summed E-state index contributed by atoms with van der Waals surface area (Å²) >= 11 is 1.66. The molecule has 0 aliphatic rings. The molecule has 16 heavy (non-hydrogen) atoms. The number of ether oxygens (including phenoxy) is 1. The molecule has 0 spiro atoms. The third-order valence-corrected chi connectivity index (χ3v) is 3.02. The van der Waals surface area contributed by atoms with Crippen LogP contribution in [0.25, 0.3) is 0 Å². The van der Waals surface area contributed by atoms with Crippen molar-refractivity contribution >= 4 is 17.0 Å². The van der Waals surface area contributed by atoms with E-state index in [1.54, 1.807) is 24.6 Å². The SMILES string of the molecule is COc1cc(NCc2nc(C)cs2)ccn1. The van der Waals surface area contributed by atoms with Crippen LogP contribution in [0.1, 0.15) is 10.7 Å². The van der Waals surface area contributed by atoms with Gasteiger partial charge in [0.2, 0.25) is 5.88 Å². The molecule has 2 rings (SSSR count). The topological polar surface area (TPSA) is 47.0 Å². The summed E-state index contributed by atoms with van der Waals surface area (Å²) in [5.74, 6) is 0.611. The second-order valence-corrected chi connectivity index (χ2v) is 4.27. The largest absolute Gasteiger partial charge is 0.481 e. The molecule has 0 amide bonds. The van der Waals surface area contributed by atoms with E-state index in [2.05, 4.69) is 15.3 Å². The van der Waals surface area contributed by atoms with Crippen molar-refractivity contribution in [3.63, 3.8) is 0 Å². The Bertz CT molecular complexity index is 470. The Balaban J connectivity index is 1.99. The second-order valence-electron chi connectivity index (χ2n) is 3.32. The van der Waals surface area contributed by atoms with E-state index in [1.807, 2.05) is 24.4 Å².